The monoisotopic (exact) mass is 697 g/mol. The molecule has 0 bridgehead atoms. The Labute approximate surface area is 272 Å². The molecule has 0 spiro atoms. The van der Waals surface area contributed by atoms with Gasteiger partial charge in [0.2, 0.25) is 5.75 Å². The van der Waals surface area contributed by atoms with Crippen molar-refractivity contribution >= 4 is 44.8 Å². The van der Waals surface area contributed by atoms with Crippen molar-refractivity contribution in [1.82, 2.24) is 4.90 Å². The maximum atomic E-state index is 13.9. The number of nitro benzene ring substituents is 2. The van der Waals surface area contributed by atoms with Crippen molar-refractivity contribution in [2.75, 3.05) is 13.7 Å². The Hall–Kier alpha value is -4.59. The number of hydrogen-bond donors (Lipinski definition) is 1. The fourth-order valence-electron chi connectivity index (χ4n) is 6.67. The molecule has 0 amide bonds. The lowest BCUT2D eigenvalue weighted by molar-refractivity contribution is -0.394. The van der Waals surface area contributed by atoms with Gasteiger partial charge in [-0.1, -0.05) is 27.7 Å². The number of allylic oxidation sites excluding steroid dienone is 4. The zero-order valence-electron chi connectivity index (χ0n) is 25.8. The highest BCUT2D eigenvalue weighted by Crippen LogP contribution is 2.55. The second kappa shape index (κ2) is 11.6. The number of nitrogens with zero attached hydrogens (tertiary/aromatic N) is 3. The molecule has 1 aliphatic heterocycles. The highest BCUT2D eigenvalue weighted by molar-refractivity contribution is 9.10. The number of benzene rings is 2. The van der Waals surface area contributed by atoms with Gasteiger partial charge in [-0.3, -0.25) is 34.6 Å². The third-order valence-electron chi connectivity index (χ3n) is 8.46. The summed E-state index contributed by atoms with van der Waals surface area (Å²) in [5.41, 5.74) is 0.381. The highest BCUT2D eigenvalue weighted by atomic mass is 79.9. The lowest BCUT2D eigenvalue weighted by Crippen LogP contribution is -2.45. The first-order valence-corrected chi connectivity index (χ1v) is 15.2. The van der Waals surface area contributed by atoms with Crippen molar-refractivity contribution in [2.45, 2.75) is 59.3 Å². The van der Waals surface area contributed by atoms with E-state index in [1.54, 1.807) is 17.0 Å². The van der Waals surface area contributed by atoms with E-state index in [9.17, 15) is 39.7 Å². The number of Topliss-reactive ketones (excluding diaryl/α,β-unsaturated/α-hetero) is 2. The molecule has 0 saturated carbocycles. The van der Waals surface area contributed by atoms with Crippen LogP contribution in [0.5, 0.6) is 17.2 Å². The third-order valence-corrected chi connectivity index (χ3v) is 9.05. The summed E-state index contributed by atoms with van der Waals surface area (Å²) in [6, 6.07) is 6.22. The van der Waals surface area contributed by atoms with Gasteiger partial charge in [0, 0.05) is 47.4 Å². The number of halogens is 1. The fourth-order valence-corrected chi connectivity index (χ4v) is 7.21. The van der Waals surface area contributed by atoms with E-state index in [0.29, 0.717) is 40.9 Å². The number of carboxylic acids is 1. The summed E-state index contributed by atoms with van der Waals surface area (Å²) >= 11 is 3.48. The van der Waals surface area contributed by atoms with Gasteiger partial charge in [0.25, 0.3) is 5.69 Å². The standard InChI is InChI=1S/C32H32BrN3O10/c1-31(2)11-20-28(22(37)13-31)27(29-21(34(20)15-26(39)40)12-32(3,4)14-23(29)38)16-8-18(33)30(25(9-16)45-5)46-24-7-6-17(35(41)42)10-19(24)36(43)44/h6-10,27H,11-15H2,1-5H3,(H,39,40). The summed E-state index contributed by atoms with van der Waals surface area (Å²) in [7, 11) is 1.36. The van der Waals surface area contributed by atoms with Gasteiger partial charge >= 0.3 is 11.7 Å². The molecule has 1 N–H and O–H groups in total. The second-order valence-electron chi connectivity index (χ2n) is 13.3. The minimum atomic E-state index is -1.09. The van der Waals surface area contributed by atoms with E-state index in [1.807, 2.05) is 27.7 Å². The van der Waals surface area contributed by atoms with Crippen LogP contribution in [0.4, 0.5) is 11.4 Å². The number of non-ortho nitro benzene ring substituents is 1. The molecule has 13 nitrogen and oxygen atoms in total. The van der Waals surface area contributed by atoms with E-state index >= 15 is 0 Å². The van der Waals surface area contributed by atoms with Crippen molar-refractivity contribution in [1.29, 1.82) is 0 Å². The van der Waals surface area contributed by atoms with Gasteiger partial charge in [-0.2, -0.15) is 0 Å². The van der Waals surface area contributed by atoms with E-state index in [2.05, 4.69) is 15.9 Å². The third kappa shape index (κ3) is 6.00. The summed E-state index contributed by atoms with van der Waals surface area (Å²) in [5, 5.41) is 32.9. The summed E-state index contributed by atoms with van der Waals surface area (Å²) < 4.78 is 11.8. The van der Waals surface area contributed by atoms with Crippen molar-refractivity contribution in [3.63, 3.8) is 0 Å². The molecule has 0 radical (unpaired) electrons. The fraction of sp³-hybridized carbons (Fsp3) is 0.406. The zero-order valence-corrected chi connectivity index (χ0v) is 27.4. The molecule has 0 atom stereocenters. The molecule has 242 valence electrons. The lowest BCUT2D eigenvalue weighted by Gasteiger charge is -2.48. The molecule has 5 rings (SSSR count). The largest absolute Gasteiger partial charge is 0.493 e. The molecular weight excluding hydrogens is 666 g/mol. The predicted molar refractivity (Wildman–Crippen MR) is 168 cm³/mol. The van der Waals surface area contributed by atoms with Gasteiger partial charge in [-0.05, 0) is 63.4 Å². The Morgan fingerprint density at radius 3 is 1.98 bits per heavy atom. The van der Waals surface area contributed by atoms with Gasteiger partial charge < -0.3 is 19.5 Å². The summed E-state index contributed by atoms with van der Waals surface area (Å²) in [6.07, 6.45) is 1.25. The first kappa shape index (κ1) is 32.8. The van der Waals surface area contributed by atoms with Crippen LogP contribution in [0.1, 0.15) is 64.9 Å². The maximum Gasteiger partial charge on any atom is 0.323 e. The normalized spacial score (nSPS) is 19.0. The minimum Gasteiger partial charge on any atom is -0.493 e. The molecule has 3 aliphatic rings. The van der Waals surface area contributed by atoms with E-state index < -0.39 is 50.5 Å². The summed E-state index contributed by atoms with van der Waals surface area (Å²) in [5.74, 6) is -2.41. The van der Waals surface area contributed by atoms with Gasteiger partial charge in [-0.25, -0.2) is 0 Å². The van der Waals surface area contributed by atoms with Crippen LogP contribution in [0, 0.1) is 31.1 Å². The van der Waals surface area contributed by atoms with Gasteiger partial charge in [0.15, 0.2) is 23.1 Å². The number of nitro groups is 2. The summed E-state index contributed by atoms with van der Waals surface area (Å²) in [4.78, 5) is 63.1. The topological polar surface area (TPSA) is 179 Å². The number of hydrogen-bond acceptors (Lipinski definition) is 10. The average molecular weight is 699 g/mol. The molecule has 0 aromatic heterocycles. The number of carbonyl (C=O) groups excluding carboxylic acids is 2. The number of ketones is 2. The second-order valence-corrected chi connectivity index (χ2v) is 14.2. The van der Waals surface area contributed by atoms with Crippen LogP contribution < -0.4 is 9.47 Å². The smallest absolute Gasteiger partial charge is 0.323 e. The highest BCUT2D eigenvalue weighted by Gasteiger charge is 2.49. The van der Waals surface area contributed by atoms with Crippen LogP contribution in [0.2, 0.25) is 0 Å². The Morgan fingerprint density at radius 2 is 1.50 bits per heavy atom. The Kier molecular flexibility index (Phi) is 8.30. The van der Waals surface area contributed by atoms with Crippen molar-refractivity contribution in [3.8, 4) is 17.2 Å². The van der Waals surface area contributed by atoms with Crippen LogP contribution in [-0.4, -0.2) is 51.0 Å². The maximum absolute atomic E-state index is 13.9. The number of carbonyl (C=O) groups is 3. The summed E-state index contributed by atoms with van der Waals surface area (Å²) in [6.45, 7) is 7.40. The SMILES string of the molecule is COc1cc(C2C3=C(CC(C)(C)CC3=O)N(CC(=O)O)C3=C2C(=O)CC(C)(C)C3)cc(Br)c1Oc1ccc([N+](=O)[O-])cc1[N+](=O)[O-]. The molecular formula is C32H32BrN3O10. The number of carboxylic acid groups (broad SMARTS) is 1. The number of methoxy groups -OCH3 is 1. The Morgan fingerprint density at radius 1 is 0.935 bits per heavy atom. The number of aliphatic carboxylic acids is 1. The van der Waals surface area contributed by atoms with Crippen LogP contribution in [0.3, 0.4) is 0 Å². The quantitative estimate of drug-likeness (QED) is 0.225. The van der Waals surface area contributed by atoms with Crippen LogP contribution in [-0.2, 0) is 14.4 Å². The molecule has 14 heteroatoms. The van der Waals surface area contributed by atoms with Crippen molar-refractivity contribution in [2.24, 2.45) is 10.8 Å². The lowest BCUT2D eigenvalue weighted by atomic mass is 9.63. The van der Waals surface area contributed by atoms with Crippen molar-refractivity contribution in [3.05, 3.63) is 83.1 Å². The Balaban J connectivity index is 1.71. The van der Waals surface area contributed by atoms with E-state index in [4.69, 9.17) is 9.47 Å². The van der Waals surface area contributed by atoms with Crippen LogP contribution >= 0.6 is 15.9 Å². The van der Waals surface area contributed by atoms with E-state index in [0.717, 1.165) is 18.2 Å². The molecule has 0 fully saturated rings. The molecule has 2 aromatic rings. The molecule has 0 unspecified atom stereocenters. The first-order chi connectivity index (χ1) is 21.4. The predicted octanol–water partition coefficient (Wildman–Crippen LogP) is 6.84. The van der Waals surface area contributed by atoms with Crippen LogP contribution in [0.25, 0.3) is 0 Å². The molecule has 2 aliphatic carbocycles. The van der Waals surface area contributed by atoms with E-state index in [1.165, 1.54) is 7.11 Å². The van der Waals surface area contributed by atoms with Gasteiger partial charge in [0.1, 0.15) is 6.54 Å². The zero-order chi connectivity index (χ0) is 33.9. The van der Waals surface area contributed by atoms with Crippen molar-refractivity contribution < 1.29 is 38.8 Å². The number of ether oxygens (including phenoxy) is 2. The van der Waals surface area contributed by atoms with E-state index in [-0.39, 0.29) is 46.1 Å². The van der Waals surface area contributed by atoms with Gasteiger partial charge in [0.05, 0.1) is 27.5 Å². The molecule has 1 heterocycles. The first-order valence-electron chi connectivity index (χ1n) is 14.4. The molecule has 2 aromatic carbocycles. The molecule has 0 saturated heterocycles. The average Bonchev–Trinajstić information content (AvgIpc) is 2.93. The van der Waals surface area contributed by atoms with Gasteiger partial charge in [-0.15, -0.1) is 0 Å². The number of rotatable bonds is 8. The van der Waals surface area contributed by atoms with Crippen LogP contribution in [0.15, 0.2) is 57.3 Å². The Bertz CT molecular complexity index is 1740. The molecule has 46 heavy (non-hydrogen) atoms. The minimum absolute atomic E-state index is 0.0298.